The first-order valence-electron chi connectivity index (χ1n) is 8.74. The molecule has 9 nitrogen and oxygen atoms in total. The number of carboxylic acids is 1. The van der Waals surface area contributed by atoms with Crippen LogP contribution in [0.4, 0.5) is 16.2 Å². The number of benzene rings is 2. The van der Waals surface area contributed by atoms with Gasteiger partial charge in [-0.25, -0.2) is 9.69 Å². The van der Waals surface area contributed by atoms with Crippen molar-refractivity contribution < 1.29 is 33.8 Å². The number of para-hydroxylation sites is 1. The number of aromatic carboxylic acids is 1. The van der Waals surface area contributed by atoms with Gasteiger partial charge in [-0.2, -0.15) is 0 Å². The number of carboxylic acid groups (broad SMARTS) is 1. The van der Waals surface area contributed by atoms with Crippen molar-refractivity contribution in [3.63, 3.8) is 0 Å². The molecule has 0 aliphatic carbocycles. The molecule has 156 valence electrons. The van der Waals surface area contributed by atoms with Gasteiger partial charge in [0.25, 0.3) is 5.24 Å². The Kier molecular flexibility index (Phi) is 6.26. The van der Waals surface area contributed by atoms with Gasteiger partial charge in [-0.3, -0.25) is 14.4 Å². The Labute approximate surface area is 176 Å². The number of carbonyl (C=O) groups excluding carboxylic acids is 3. The van der Waals surface area contributed by atoms with E-state index in [9.17, 15) is 24.3 Å². The largest absolute Gasteiger partial charge is 0.497 e. The summed E-state index contributed by atoms with van der Waals surface area (Å²) in [5.41, 5.74) is 0.294. The Balaban J connectivity index is 1.76. The molecule has 2 aromatic carbocycles. The van der Waals surface area contributed by atoms with Gasteiger partial charge in [0.15, 0.2) is 0 Å². The summed E-state index contributed by atoms with van der Waals surface area (Å²) in [6.45, 7) is 0. The Bertz CT molecular complexity index is 1020. The van der Waals surface area contributed by atoms with Crippen LogP contribution in [-0.2, 0) is 9.59 Å². The molecule has 1 aliphatic rings. The van der Waals surface area contributed by atoms with Crippen molar-refractivity contribution in [3.05, 3.63) is 48.0 Å². The number of nitrogens with zero attached hydrogens (tertiary/aromatic N) is 1. The molecule has 3 amide bonds. The number of nitrogens with one attached hydrogen (secondary N) is 1. The van der Waals surface area contributed by atoms with Crippen LogP contribution >= 0.6 is 11.8 Å². The molecule has 1 unspecified atom stereocenters. The van der Waals surface area contributed by atoms with Crippen molar-refractivity contribution in [2.45, 2.75) is 11.7 Å². The predicted octanol–water partition coefficient (Wildman–Crippen LogP) is 3.00. The van der Waals surface area contributed by atoms with Crippen LogP contribution in [0.15, 0.2) is 42.5 Å². The molecule has 1 fully saturated rings. The van der Waals surface area contributed by atoms with Gasteiger partial charge in [-0.15, -0.1) is 0 Å². The van der Waals surface area contributed by atoms with Gasteiger partial charge < -0.3 is 19.9 Å². The third kappa shape index (κ3) is 4.23. The van der Waals surface area contributed by atoms with Gasteiger partial charge in [0.2, 0.25) is 11.8 Å². The molecular weight excluding hydrogens is 412 g/mol. The number of hydrogen-bond acceptors (Lipinski definition) is 7. The summed E-state index contributed by atoms with van der Waals surface area (Å²) in [6.07, 6.45) is -0.293. The highest BCUT2D eigenvalue weighted by molar-refractivity contribution is 8.15. The average molecular weight is 430 g/mol. The number of amides is 3. The van der Waals surface area contributed by atoms with Gasteiger partial charge in [-0.1, -0.05) is 12.1 Å². The lowest BCUT2D eigenvalue weighted by atomic mass is 10.1. The summed E-state index contributed by atoms with van der Waals surface area (Å²) < 4.78 is 10.4. The number of hydrogen-bond donors (Lipinski definition) is 2. The number of carbonyl (C=O) groups is 4. The van der Waals surface area contributed by atoms with E-state index in [4.69, 9.17) is 9.47 Å². The van der Waals surface area contributed by atoms with E-state index in [0.29, 0.717) is 5.75 Å². The third-order valence-corrected chi connectivity index (χ3v) is 5.39. The second-order valence-electron chi connectivity index (χ2n) is 6.19. The summed E-state index contributed by atoms with van der Waals surface area (Å²) >= 11 is 0.729. The van der Waals surface area contributed by atoms with Gasteiger partial charge in [-0.05, 0) is 36.0 Å². The predicted molar refractivity (Wildman–Crippen MR) is 110 cm³/mol. The summed E-state index contributed by atoms with van der Waals surface area (Å²) in [5, 5.41) is 10.2. The van der Waals surface area contributed by atoms with Crippen molar-refractivity contribution in [1.82, 2.24) is 0 Å². The van der Waals surface area contributed by atoms with E-state index >= 15 is 0 Å². The highest BCUT2D eigenvalue weighted by Gasteiger charge is 2.42. The quantitative estimate of drug-likeness (QED) is 0.687. The number of imide groups is 1. The second-order valence-corrected chi connectivity index (χ2v) is 7.34. The lowest BCUT2D eigenvalue weighted by molar-refractivity contribution is -0.121. The Morgan fingerprint density at radius 2 is 1.87 bits per heavy atom. The fourth-order valence-electron chi connectivity index (χ4n) is 2.92. The molecule has 2 aromatic rings. The molecule has 1 atom stereocenters. The maximum absolute atomic E-state index is 12.8. The normalized spacial score (nSPS) is 15.8. The molecule has 0 spiro atoms. The minimum Gasteiger partial charge on any atom is -0.497 e. The molecule has 1 heterocycles. The van der Waals surface area contributed by atoms with Gasteiger partial charge in [0.1, 0.15) is 16.7 Å². The molecule has 0 radical (unpaired) electrons. The van der Waals surface area contributed by atoms with E-state index in [1.165, 1.54) is 38.5 Å². The van der Waals surface area contributed by atoms with Crippen LogP contribution in [0, 0.1) is 0 Å². The van der Waals surface area contributed by atoms with E-state index in [2.05, 4.69) is 5.32 Å². The lowest BCUT2D eigenvalue weighted by Crippen LogP contribution is -2.33. The van der Waals surface area contributed by atoms with Crippen LogP contribution in [0.2, 0.25) is 0 Å². The van der Waals surface area contributed by atoms with E-state index in [1.54, 1.807) is 18.2 Å². The molecular formula is C20H18N2O7S. The number of anilines is 2. The first kappa shape index (κ1) is 21.2. The zero-order valence-electron chi connectivity index (χ0n) is 16.1. The highest BCUT2D eigenvalue weighted by Crippen LogP contribution is 2.39. The SMILES string of the molecule is COc1ccc(N2C(=O)SC(CC(=O)Nc3ccccc3C(=O)O)C2=O)c(OC)c1. The van der Waals surface area contributed by atoms with Crippen molar-refractivity contribution in [1.29, 1.82) is 0 Å². The number of methoxy groups -OCH3 is 2. The van der Waals surface area contributed by atoms with Crippen LogP contribution in [0.5, 0.6) is 11.5 Å². The Hall–Kier alpha value is -3.53. The van der Waals surface area contributed by atoms with Crippen LogP contribution in [0.25, 0.3) is 0 Å². The molecule has 0 saturated carbocycles. The molecule has 3 rings (SSSR count). The minimum absolute atomic E-state index is 0.0723. The fourth-order valence-corrected chi connectivity index (χ4v) is 3.90. The molecule has 0 aromatic heterocycles. The summed E-state index contributed by atoms with van der Waals surface area (Å²) in [7, 11) is 2.88. The molecule has 1 aliphatic heterocycles. The van der Waals surface area contributed by atoms with Gasteiger partial charge >= 0.3 is 5.97 Å². The Morgan fingerprint density at radius 1 is 1.13 bits per heavy atom. The molecule has 1 saturated heterocycles. The standard InChI is InChI=1S/C20H18N2O7S/c1-28-11-7-8-14(15(9-11)29-2)22-18(24)16(30-20(22)27)10-17(23)21-13-6-4-3-5-12(13)19(25)26/h3-9,16H,10H2,1-2H3,(H,21,23)(H,25,26). The summed E-state index contributed by atoms with van der Waals surface area (Å²) in [4.78, 5) is 49.9. The molecule has 2 N–H and O–H groups in total. The number of rotatable bonds is 7. The zero-order valence-corrected chi connectivity index (χ0v) is 16.9. The van der Waals surface area contributed by atoms with Gasteiger partial charge in [0, 0.05) is 12.5 Å². The van der Waals surface area contributed by atoms with Crippen molar-refractivity contribution in [3.8, 4) is 11.5 Å². The number of thioether (sulfide) groups is 1. The smallest absolute Gasteiger partial charge is 0.337 e. The highest BCUT2D eigenvalue weighted by atomic mass is 32.2. The van der Waals surface area contributed by atoms with Crippen molar-refractivity contribution >= 4 is 46.2 Å². The van der Waals surface area contributed by atoms with E-state index in [1.807, 2.05) is 0 Å². The fraction of sp³-hybridized carbons (Fsp3) is 0.200. The third-order valence-electron chi connectivity index (χ3n) is 4.35. The monoisotopic (exact) mass is 430 g/mol. The number of ether oxygens (including phenoxy) is 2. The molecule has 30 heavy (non-hydrogen) atoms. The zero-order chi connectivity index (χ0) is 21.8. The van der Waals surface area contributed by atoms with Crippen molar-refractivity contribution in [2.75, 3.05) is 24.4 Å². The Morgan fingerprint density at radius 3 is 2.53 bits per heavy atom. The minimum atomic E-state index is -1.19. The first-order valence-corrected chi connectivity index (χ1v) is 9.62. The van der Waals surface area contributed by atoms with Crippen LogP contribution in [-0.4, -0.2) is 47.6 Å². The lowest BCUT2D eigenvalue weighted by Gasteiger charge is -2.18. The van der Waals surface area contributed by atoms with Crippen molar-refractivity contribution in [2.24, 2.45) is 0 Å². The maximum Gasteiger partial charge on any atom is 0.337 e. The van der Waals surface area contributed by atoms with Crippen LogP contribution in [0.3, 0.4) is 0 Å². The summed E-state index contributed by atoms with van der Waals surface area (Å²) in [6, 6.07) is 10.6. The first-order chi connectivity index (χ1) is 14.3. The van der Waals surface area contributed by atoms with Crippen LogP contribution in [0.1, 0.15) is 16.8 Å². The van der Waals surface area contributed by atoms with E-state index < -0.39 is 28.3 Å². The van der Waals surface area contributed by atoms with E-state index in [-0.39, 0.29) is 29.1 Å². The average Bonchev–Trinajstić information content (AvgIpc) is 3.00. The second kappa shape index (κ2) is 8.87. The molecule has 10 heteroatoms. The molecule has 0 bridgehead atoms. The topological polar surface area (TPSA) is 122 Å². The summed E-state index contributed by atoms with van der Waals surface area (Å²) in [5.74, 6) is -1.56. The van der Waals surface area contributed by atoms with Crippen LogP contribution < -0.4 is 19.7 Å². The van der Waals surface area contributed by atoms with Gasteiger partial charge in [0.05, 0.1) is 31.2 Å². The maximum atomic E-state index is 12.8. The van der Waals surface area contributed by atoms with E-state index in [0.717, 1.165) is 16.7 Å².